The molecular formula is C18H19FN2O2S. The lowest BCUT2D eigenvalue weighted by Crippen LogP contribution is -2.46. The van der Waals surface area contributed by atoms with Crippen molar-refractivity contribution in [1.82, 2.24) is 10.2 Å². The highest BCUT2D eigenvalue weighted by Crippen LogP contribution is 2.32. The molecule has 1 aromatic heterocycles. The lowest BCUT2D eigenvalue weighted by Gasteiger charge is -2.32. The summed E-state index contributed by atoms with van der Waals surface area (Å²) in [6.07, 6.45) is 3.61. The highest BCUT2D eigenvalue weighted by Gasteiger charge is 2.35. The average molecular weight is 346 g/mol. The van der Waals surface area contributed by atoms with E-state index in [9.17, 15) is 14.0 Å². The third-order valence-corrected chi connectivity index (χ3v) is 5.90. The van der Waals surface area contributed by atoms with Gasteiger partial charge >= 0.3 is 0 Å². The predicted molar refractivity (Wildman–Crippen MR) is 91.6 cm³/mol. The van der Waals surface area contributed by atoms with Crippen LogP contribution in [0.2, 0.25) is 0 Å². The van der Waals surface area contributed by atoms with E-state index in [4.69, 9.17) is 0 Å². The van der Waals surface area contributed by atoms with Crippen LogP contribution in [0.25, 0.3) is 10.1 Å². The zero-order valence-electron chi connectivity index (χ0n) is 13.3. The molecule has 0 radical (unpaired) electrons. The molecule has 0 bridgehead atoms. The van der Waals surface area contributed by atoms with E-state index in [2.05, 4.69) is 5.32 Å². The Hall–Kier alpha value is -1.95. The van der Waals surface area contributed by atoms with Gasteiger partial charge in [-0.1, -0.05) is 6.07 Å². The lowest BCUT2D eigenvalue weighted by molar-refractivity contribution is -0.133. The summed E-state index contributed by atoms with van der Waals surface area (Å²) in [6, 6.07) is 6.58. The Morgan fingerprint density at radius 2 is 1.92 bits per heavy atom. The monoisotopic (exact) mass is 346 g/mol. The number of piperidine rings is 1. The summed E-state index contributed by atoms with van der Waals surface area (Å²) in [5, 5.41) is 3.53. The second kappa shape index (κ2) is 6.16. The van der Waals surface area contributed by atoms with Gasteiger partial charge in [-0.15, -0.1) is 11.3 Å². The molecule has 0 spiro atoms. The van der Waals surface area contributed by atoms with Crippen molar-refractivity contribution in [2.45, 2.75) is 31.7 Å². The molecule has 24 heavy (non-hydrogen) atoms. The predicted octanol–water partition coefficient (Wildman–Crippen LogP) is 3.17. The number of likely N-dealkylation sites (tertiary alicyclic amines) is 1. The number of thiophene rings is 1. The fourth-order valence-electron chi connectivity index (χ4n) is 3.23. The molecule has 1 aliphatic heterocycles. The smallest absolute Gasteiger partial charge is 0.261 e. The first-order chi connectivity index (χ1) is 11.6. The quantitative estimate of drug-likeness (QED) is 0.928. The summed E-state index contributed by atoms with van der Waals surface area (Å²) in [7, 11) is 0. The van der Waals surface area contributed by atoms with Crippen molar-refractivity contribution in [2.24, 2.45) is 5.92 Å². The van der Waals surface area contributed by atoms with E-state index >= 15 is 0 Å². The molecular weight excluding hydrogens is 327 g/mol. The van der Waals surface area contributed by atoms with Crippen LogP contribution >= 0.6 is 11.3 Å². The zero-order chi connectivity index (χ0) is 16.7. The summed E-state index contributed by atoms with van der Waals surface area (Å²) in [5.74, 6) is 0.0848. The number of rotatable bonds is 3. The van der Waals surface area contributed by atoms with Crippen molar-refractivity contribution >= 4 is 33.2 Å². The Labute approximate surface area is 143 Å². The third kappa shape index (κ3) is 3.02. The highest BCUT2D eigenvalue weighted by atomic mass is 32.1. The standard InChI is InChI=1S/C18H19FN2O2S/c19-14-2-1-3-15-13(14)10-16(24-15)17(22)20-12-6-8-21(9-7-12)18(23)11-4-5-11/h1-3,10-12H,4-9H2,(H,20,22). The molecule has 2 aromatic rings. The maximum absolute atomic E-state index is 13.7. The first-order valence-corrected chi connectivity index (χ1v) is 9.21. The fraction of sp³-hybridized carbons (Fsp3) is 0.444. The van der Waals surface area contributed by atoms with Gasteiger partial charge in [-0.3, -0.25) is 9.59 Å². The number of halogens is 1. The Balaban J connectivity index is 1.37. The molecule has 4 rings (SSSR count). The Bertz CT molecular complexity index is 791. The van der Waals surface area contributed by atoms with Crippen LogP contribution in [0.15, 0.2) is 24.3 Å². The normalized spacial score (nSPS) is 18.8. The number of nitrogens with zero attached hydrogens (tertiary/aromatic N) is 1. The number of hydrogen-bond donors (Lipinski definition) is 1. The molecule has 2 amide bonds. The largest absolute Gasteiger partial charge is 0.348 e. The summed E-state index contributed by atoms with van der Waals surface area (Å²) in [5.41, 5.74) is 0. The van der Waals surface area contributed by atoms with Gasteiger partial charge in [0, 0.05) is 35.1 Å². The summed E-state index contributed by atoms with van der Waals surface area (Å²) < 4.78 is 14.5. The Kier molecular flexibility index (Phi) is 4.00. The van der Waals surface area contributed by atoms with Gasteiger partial charge in [-0.05, 0) is 43.9 Å². The molecule has 4 nitrogen and oxygen atoms in total. The summed E-state index contributed by atoms with van der Waals surface area (Å²) >= 11 is 1.31. The van der Waals surface area contributed by atoms with Gasteiger partial charge < -0.3 is 10.2 Å². The van der Waals surface area contributed by atoms with Crippen LogP contribution in [0.3, 0.4) is 0 Å². The maximum Gasteiger partial charge on any atom is 0.261 e. The van der Waals surface area contributed by atoms with Crippen LogP contribution in [-0.4, -0.2) is 35.8 Å². The van der Waals surface area contributed by atoms with Gasteiger partial charge in [-0.2, -0.15) is 0 Å². The van der Waals surface area contributed by atoms with E-state index in [0.717, 1.165) is 30.4 Å². The molecule has 2 fully saturated rings. The first-order valence-electron chi connectivity index (χ1n) is 8.39. The van der Waals surface area contributed by atoms with E-state index in [1.807, 2.05) is 11.0 Å². The van der Waals surface area contributed by atoms with Gasteiger partial charge in [0.2, 0.25) is 5.91 Å². The number of fused-ring (bicyclic) bond motifs is 1. The minimum atomic E-state index is -0.297. The molecule has 0 atom stereocenters. The number of amides is 2. The summed E-state index contributed by atoms with van der Waals surface area (Å²) in [4.78, 5) is 26.9. The van der Waals surface area contributed by atoms with Crippen LogP contribution in [-0.2, 0) is 4.79 Å². The maximum atomic E-state index is 13.7. The topological polar surface area (TPSA) is 49.4 Å². The van der Waals surface area contributed by atoms with Gasteiger partial charge in [0.15, 0.2) is 0 Å². The SMILES string of the molecule is O=C(NC1CCN(C(=O)C2CC2)CC1)c1cc2c(F)cccc2s1. The van der Waals surface area contributed by atoms with E-state index in [1.54, 1.807) is 12.1 Å². The van der Waals surface area contributed by atoms with Crippen LogP contribution in [0, 0.1) is 11.7 Å². The second-order valence-electron chi connectivity index (χ2n) is 6.61. The average Bonchev–Trinajstić information content (AvgIpc) is 3.33. The Morgan fingerprint density at radius 3 is 2.58 bits per heavy atom. The number of carbonyl (C=O) groups excluding carboxylic acids is 2. The van der Waals surface area contributed by atoms with Crippen molar-refractivity contribution in [2.75, 3.05) is 13.1 Å². The van der Waals surface area contributed by atoms with Gasteiger partial charge in [0.1, 0.15) is 5.82 Å². The van der Waals surface area contributed by atoms with E-state index in [1.165, 1.54) is 17.4 Å². The minimum Gasteiger partial charge on any atom is -0.348 e. The van der Waals surface area contributed by atoms with E-state index < -0.39 is 0 Å². The molecule has 126 valence electrons. The van der Waals surface area contributed by atoms with E-state index in [0.29, 0.717) is 23.4 Å². The second-order valence-corrected chi connectivity index (χ2v) is 7.69. The molecule has 1 aliphatic carbocycles. The van der Waals surface area contributed by atoms with Gasteiger partial charge in [-0.25, -0.2) is 4.39 Å². The number of nitrogens with one attached hydrogen (secondary N) is 1. The third-order valence-electron chi connectivity index (χ3n) is 4.80. The highest BCUT2D eigenvalue weighted by molar-refractivity contribution is 7.20. The van der Waals surface area contributed by atoms with Crippen LogP contribution in [0.4, 0.5) is 4.39 Å². The molecule has 1 saturated heterocycles. The number of benzene rings is 1. The molecule has 1 N–H and O–H groups in total. The van der Waals surface area contributed by atoms with Gasteiger partial charge in [0.05, 0.1) is 4.88 Å². The number of hydrogen-bond acceptors (Lipinski definition) is 3. The Morgan fingerprint density at radius 1 is 1.17 bits per heavy atom. The number of carbonyl (C=O) groups is 2. The van der Waals surface area contributed by atoms with Gasteiger partial charge in [0.25, 0.3) is 5.91 Å². The molecule has 1 saturated carbocycles. The molecule has 6 heteroatoms. The lowest BCUT2D eigenvalue weighted by atomic mass is 10.0. The fourth-order valence-corrected chi connectivity index (χ4v) is 4.20. The zero-order valence-corrected chi connectivity index (χ0v) is 14.1. The van der Waals surface area contributed by atoms with E-state index in [-0.39, 0.29) is 29.6 Å². The molecule has 1 aromatic carbocycles. The summed E-state index contributed by atoms with van der Waals surface area (Å²) in [6.45, 7) is 1.42. The van der Waals surface area contributed by atoms with Crippen molar-refractivity contribution < 1.29 is 14.0 Å². The van der Waals surface area contributed by atoms with Crippen LogP contribution in [0.5, 0.6) is 0 Å². The van der Waals surface area contributed by atoms with Crippen molar-refractivity contribution in [3.8, 4) is 0 Å². The first kappa shape index (κ1) is 15.6. The van der Waals surface area contributed by atoms with Crippen LogP contribution < -0.4 is 5.32 Å². The molecule has 2 aliphatic rings. The molecule has 2 heterocycles. The minimum absolute atomic E-state index is 0.0795. The van der Waals surface area contributed by atoms with Crippen molar-refractivity contribution in [1.29, 1.82) is 0 Å². The van der Waals surface area contributed by atoms with Crippen LogP contribution in [0.1, 0.15) is 35.4 Å². The molecule has 0 unspecified atom stereocenters. The van der Waals surface area contributed by atoms with Crippen molar-refractivity contribution in [3.05, 3.63) is 35.0 Å². The van der Waals surface area contributed by atoms with Crippen molar-refractivity contribution in [3.63, 3.8) is 0 Å².